The molecule has 0 aliphatic heterocycles. The lowest BCUT2D eigenvalue weighted by Crippen LogP contribution is -2.12. The number of H-pyrrole nitrogens is 1. The lowest BCUT2D eigenvalue weighted by atomic mass is 9.96. The number of aromatic nitrogens is 1. The van der Waals surface area contributed by atoms with E-state index in [1.54, 1.807) is 0 Å². The Morgan fingerprint density at radius 3 is 2.46 bits per heavy atom. The topological polar surface area (TPSA) is 56.6 Å². The van der Waals surface area contributed by atoms with Crippen LogP contribution >= 0.6 is 0 Å². The summed E-state index contributed by atoms with van der Waals surface area (Å²) in [6.07, 6.45) is 0. The van der Waals surface area contributed by atoms with Crippen molar-refractivity contribution in [2.24, 2.45) is 0 Å². The number of rotatable bonds is 2. The Kier molecular flexibility index (Phi) is 3.87. The minimum absolute atomic E-state index is 0.139. The fourth-order valence-corrected chi connectivity index (χ4v) is 3.32. The summed E-state index contributed by atoms with van der Waals surface area (Å²) in [4.78, 5) is 15.5. The molecule has 0 aliphatic carbocycles. The van der Waals surface area contributed by atoms with Gasteiger partial charge in [0.2, 0.25) is 0 Å². The van der Waals surface area contributed by atoms with Gasteiger partial charge in [-0.3, -0.25) is 4.79 Å². The molecule has 4 rings (SSSR count). The Hall–Kier alpha value is -3.64. The van der Waals surface area contributed by atoms with Crippen LogP contribution in [0.25, 0.3) is 33.2 Å². The zero-order chi connectivity index (χ0) is 18.1. The van der Waals surface area contributed by atoms with Crippen molar-refractivity contribution in [2.45, 2.75) is 6.92 Å². The van der Waals surface area contributed by atoms with E-state index in [0.29, 0.717) is 11.3 Å². The minimum atomic E-state index is -0.366. The number of pyridine rings is 1. The monoisotopic (exact) mass is 336 g/mol. The standard InChI is InChI=1S/C23H16N2O/c1-15-6-4-9-17(12-15)20-13-22(25-23(26)21(20)14-24)19-11-5-8-16-7-2-3-10-18(16)19/h2-13H,1H3,(H,25,26). The molecule has 0 unspecified atom stereocenters. The molecular weight excluding hydrogens is 320 g/mol. The van der Waals surface area contributed by atoms with Gasteiger partial charge in [0.15, 0.2) is 0 Å². The van der Waals surface area contributed by atoms with Crippen LogP contribution in [0.5, 0.6) is 0 Å². The number of hydrogen-bond donors (Lipinski definition) is 1. The average Bonchev–Trinajstić information content (AvgIpc) is 2.67. The van der Waals surface area contributed by atoms with E-state index in [0.717, 1.165) is 27.5 Å². The second-order valence-corrected chi connectivity index (χ2v) is 6.31. The van der Waals surface area contributed by atoms with Gasteiger partial charge in [-0.2, -0.15) is 5.26 Å². The Morgan fingerprint density at radius 2 is 1.65 bits per heavy atom. The van der Waals surface area contributed by atoms with E-state index in [-0.39, 0.29) is 11.1 Å². The highest BCUT2D eigenvalue weighted by molar-refractivity contribution is 5.96. The van der Waals surface area contributed by atoms with Gasteiger partial charge in [-0.15, -0.1) is 0 Å². The molecule has 1 N–H and O–H groups in total. The first kappa shape index (κ1) is 15.9. The Labute approximate surface area is 151 Å². The third kappa shape index (κ3) is 2.68. The van der Waals surface area contributed by atoms with Gasteiger partial charge in [0.25, 0.3) is 5.56 Å². The van der Waals surface area contributed by atoms with E-state index in [9.17, 15) is 10.1 Å². The van der Waals surface area contributed by atoms with Crippen LogP contribution < -0.4 is 5.56 Å². The van der Waals surface area contributed by atoms with Crippen LogP contribution in [0.2, 0.25) is 0 Å². The second kappa shape index (κ2) is 6.34. The zero-order valence-corrected chi connectivity index (χ0v) is 14.3. The molecular formula is C23H16N2O. The molecule has 0 fully saturated rings. The first-order chi connectivity index (χ1) is 12.7. The molecule has 124 valence electrons. The maximum Gasteiger partial charge on any atom is 0.266 e. The molecule has 0 bridgehead atoms. The lowest BCUT2D eigenvalue weighted by molar-refractivity contribution is 1.22. The van der Waals surface area contributed by atoms with E-state index in [2.05, 4.69) is 11.1 Å². The largest absolute Gasteiger partial charge is 0.321 e. The second-order valence-electron chi connectivity index (χ2n) is 6.31. The number of aryl methyl sites for hydroxylation is 1. The summed E-state index contributed by atoms with van der Waals surface area (Å²) in [5.41, 5.74) is 4.03. The first-order valence-corrected chi connectivity index (χ1v) is 8.40. The molecule has 0 saturated carbocycles. The molecule has 0 aliphatic rings. The van der Waals surface area contributed by atoms with E-state index in [1.165, 1.54) is 0 Å². The smallest absolute Gasteiger partial charge is 0.266 e. The Balaban J connectivity index is 2.02. The summed E-state index contributed by atoms with van der Waals surface area (Å²) in [6.45, 7) is 1.99. The summed E-state index contributed by atoms with van der Waals surface area (Å²) in [7, 11) is 0. The Bertz CT molecular complexity index is 1220. The van der Waals surface area contributed by atoms with Crippen molar-refractivity contribution >= 4 is 10.8 Å². The molecule has 0 spiro atoms. The van der Waals surface area contributed by atoms with Crippen LogP contribution in [0.3, 0.4) is 0 Å². The summed E-state index contributed by atoms with van der Waals surface area (Å²) >= 11 is 0. The highest BCUT2D eigenvalue weighted by Crippen LogP contribution is 2.30. The summed E-state index contributed by atoms with van der Waals surface area (Å²) in [6, 6.07) is 25.9. The summed E-state index contributed by atoms with van der Waals surface area (Å²) in [5.74, 6) is 0. The molecule has 0 saturated heterocycles. The van der Waals surface area contributed by atoms with Crippen LogP contribution in [0, 0.1) is 18.3 Å². The Morgan fingerprint density at radius 1 is 0.885 bits per heavy atom. The number of nitriles is 1. The molecule has 0 atom stereocenters. The highest BCUT2D eigenvalue weighted by atomic mass is 16.1. The quantitative estimate of drug-likeness (QED) is 0.557. The lowest BCUT2D eigenvalue weighted by Gasteiger charge is -2.11. The van der Waals surface area contributed by atoms with Crippen LogP contribution in [0.15, 0.2) is 77.6 Å². The fourth-order valence-electron chi connectivity index (χ4n) is 3.32. The molecule has 0 amide bonds. The van der Waals surface area contributed by atoms with Gasteiger partial charge in [0.1, 0.15) is 11.6 Å². The molecule has 1 heterocycles. The van der Waals surface area contributed by atoms with Gasteiger partial charge >= 0.3 is 0 Å². The number of nitrogens with zero attached hydrogens (tertiary/aromatic N) is 1. The minimum Gasteiger partial charge on any atom is -0.321 e. The van der Waals surface area contributed by atoms with Crippen molar-refractivity contribution in [2.75, 3.05) is 0 Å². The van der Waals surface area contributed by atoms with Gasteiger partial charge in [0.05, 0.1) is 0 Å². The SMILES string of the molecule is Cc1cccc(-c2cc(-c3cccc4ccccc34)[nH]c(=O)c2C#N)c1. The van der Waals surface area contributed by atoms with Crippen molar-refractivity contribution in [3.63, 3.8) is 0 Å². The van der Waals surface area contributed by atoms with Crippen LogP contribution in [0.1, 0.15) is 11.1 Å². The third-order valence-corrected chi connectivity index (χ3v) is 4.55. The number of benzene rings is 3. The van der Waals surface area contributed by atoms with E-state index < -0.39 is 0 Å². The number of fused-ring (bicyclic) bond motifs is 1. The third-order valence-electron chi connectivity index (χ3n) is 4.55. The number of nitrogens with one attached hydrogen (secondary N) is 1. The molecule has 1 aromatic heterocycles. The number of hydrogen-bond acceptors (Lipinski definition) is 2. The normalized spacial score (nSPS) is 10.6. The average molecular weight is 336 g/mol. The van der Waals surface area contributed by atoms with E-state index >= 15 is 0 Å². The van der Waals surface area contributed by atoms with Gasteiger partial charge in [-0.1, -0.05) is 72.3 Å². The van der Waals surface area contributed by atoms with Gasteiger partial charge in [-0.05, 0) is 29.3 Å². The number of aromatic amines is 1. The molecule has 3 heteroatoms. The van der Waals surface area contributed by atoms with E-state index in [1.807, 2.05) is 79.7 Å². The summed E-state index contributed by atoms with van der Waals surface area (Å²) < 4.78 is 0. The predicted octanol–water partition coefficient (Wildman–Crippen LogP) is 5.04. The van der Waals surface area contributed by atoms with Crippen molar-refractivity contribution in [1.82, 2.24) is 4.98 Å². The maximum absolute atomic E-state index is 12.6. The molecule has 4 aromatic rings. The van der Waals surface area contributed by atoms with Crippen LogP contribution in [0.4, 0.5) is 0 Å². The van der Waals surface area contributed by atoms with Crippen molar-refractivity contribution in [3.05, 3.63) is 94.3 Å². The maximum atomic E-state index is 12.6. The van der Waals surface area contributed by atoms with Gasteiger partial charge in [0, 0.05) is 16.8 Å². The summed E-state index contributed by atoms with van der Waals surface area (Å²) in [5, 5.41) is 11.7. The molecule has 3 nitrogen and oxygen atoms in total. The molecule has 26 heavy (non-hydrogen) atoms. The molecule has 0 radical (unpaired) electrons. The van der Waals surface area contributed by atoms with Gasteiger partial charge < -0.3 is 4.98 Å². The van der Waals surface area contributed by atoms with Crippen molar-refractivity contribution in [3.8, 4) is 28.5 Å². The van der Waals surface area contributed by atoms with Crippen molar-refractivity contribution < 1.29 is 0 Å². The fraction of sp³-hybridized carbons (Fsp3) is 0.0435. The molecule has 3 aromatic carbocycles. The van der Waals surface area contributed by atoms with Crippen LogP contribution in [-0.4, -0.2) is 4.98 Å². The van der Waals surface area contributed by atoms with Gasteiger partial charge in [-0.25, -0.2) is 0 Å². The predicted molar refractivity (Wildman–Crippen MR) is 105 cm³/mol. The van der Waals surface area contributed by atoms with Crippen molar-refractivity contribution in [1.29, 1.82) is 5.26 Å². The first-order valence-electron chi connectivity index (χ1n) is 8.40. The zero-order valence-electron chi connectivity index (χ0n) is 14.3. The van der Waals surface area contributed by atoms with Crippen LogP contribution in [-0.2, 0) is 0 Å². The van der Waals surface area contributed by atoms with E-state index in [4.69, 9.17) is 0 Å². The highest BCUT2D eigenvalue weighted by Gasteiger charge is 2.13.